The van der Waals surface area contributed by atoms with Crippen LogP contribution in [-0.4, -0.2) is 28.6 Å². The molecule has 3 rings (SSSR count). The lowest BCUT2D eigenvalue weighted by atomic mass is 9.92. The highest BCUT2D eigenvalue weighted by Gasteiger charge is 2.27. The van der Waals surface area contributed by atoms with Crippen molar-refractivity contribution in [1.29, 1.82) is 0 Å². The van der Waals surface area contributed by atoms with E-state index in [0.29, 0.717) is 23.3 Å². The lowest BCUT2D eigenvalue weighted by Gasteiger charge is -2.27. The Hall–Kier alpha value is -2.28. The number of benzene rings is 1. The number of hydrogen-bond acceptors (Lipinski definition) is 5. The van der Waals surface area contributed by atoms with Crippen LogP contribution in [0.1, 0.15) is 38.6 Å². The first kappa shape index (κ1) is 16.6. The van der Waals surface area contributed by atoms with E-state index in [0.717, 1.165) is 19.4 Å². The molecule has 2 N–H and O–H groups in total. The number of aromatic nitrogens is 2. The van der Waals surface area contributed by atoms with Gasteiger partial charge in [0.05, 0.1) is 0 Å². The Bertz CT molecular complexity index is 718. The Kier molecular flexibility index (Phi) is 4.89. The molecule has 7 heteroatoms. The zero-order valence-corrected chi connectivity index (χ0v) is 13.8. The van der Waals surface area contributed by atoms with Crippen LogP contribution in [0.3, 0.4) is 0 Å². The number of halogens is 1. The normalized spacial score (nSPS) is 22.1. The number of carbonyl (C=O) groups is 1. The van der Waals surface area contributed by atoms with E-state index in [1.807, 2.05) is 0 Å². The zero-order valence-electron chi connectivity index (χ0n) is 13.8. The van der Waals surface area contributed by atoms with E-state index in [2.05, 4.69) is 27.7 Å². The molecule has 6 nitrogen and oxygen atoms in total. The smallest absolute Gasteiger partial charge is 0.249 e. The summed E-state index contributed by atoms with van der Waals surface area (Å²) in [5, 5.41) is 10.1. The summed E-state index contributed by atoms with van der Waals surface area (Å²) >= 11 is 0. The molecule has 3 atom stereocenters. The van der Waals surface area contributed by atoms with E-state index in [9.17, 15) is 9.18 Å². The second-order valence-electron chi connectivity index (χ2n) is 6.27. The van der Waals surface area contributed by atoms with Crippen LogP contribution < -0.4 is 10.6 Å². The van der Waals surface area contributed by atoms with E-state index in [1.54, 1.807) is 19.1 Å². The van der Waals surface area contributed by atoms with Crippen molar-refractivity contribution in [3.63, 3.8) is 0 Å². The van der Waals surface area contributed by atoms with Gasteiger partial charge in [-0.25, -0.2) is 4.39 Å². The van der Waals surface area contributed by atoms with Gasteiger partial charge >= 0.3 is 0 Å². The van der Waals surface area contributed by atoms with Crippen LogP contribution in [0.15, 0.2) is 28.8 Å². The topological polar surface area (TPSA) is 80.0 Å². The minimum absolute atomic E-state index is 0.00126. The molecular formula is C17H21FN4O2. The summed E-state index contributed by atoms with van der Waals surface area (Å²) in [4.78, 5) is 16.6. The van der Waals surface area contributed by atoms with Crippen molar-refractivity contribution in [2.24, 2.45) is 5.92 Å². The third-order valence-corrected chi connectivity index (χ3v) is 4.25. The predicted octanol–water partition coefficient (Wildman–Crippen LogP) is 2.44. The number of amides is 1. The number of nitrogens with one attached hydrogen (secondary N) is 2. The molecule has 0 bridgehead atoms. The first-order chi connectivity index (χ1) is 11.5. The Morgan fingerprint density at radius 1 is 1.50 bits per heavy atom. The highest BCUT2D eigenvalue weighted by Crippen LogP contribution is 2.21. The summed E-state index contributed by atoms with van der Waals surface area (Å²) in [6, 6.07) is 5.94. The number of piperidine rings is 1. The number of nitrogens with zero attached hydrogens (tertiary/aromatic N) is 2. The fraction of sp³-hybridized carbons (Fsp3) is 0.471. The Balaban J connectivity index is 1.65. The molecule has 1 aromatic heterocycles. The van der Waals surface area contributed by atoms with Gasteiger partial charge in [0, 0.05) is 17.5 Å². The standard InChI is InChI=1S/C17H21FN4O2/c1-10-8-13(6-7-19-10)16(23)20-11(2)17-21-15(22-24-17)12-4-3-5-14(18)9-12/h3-5,9-11,13,19H,6-8H2,1-2H3,(H,20,23)/t10-,11?,13-/m0/s1. The molecule has 1 aliphatic heterocycles. The van der Waals surface area contributed by atoms with Crippen LogP contribution in [0.5, 0.6) is 0 Å². The van der Waals surface area contributed by atoms with Gasteiger partial charge in [0.15, 0.2) is 0 Å². The maximum absolute atomic E-state index is 13.3. The van der Waals surface area contributed by atoms with Crippen molar-refractivity contribution in [2.45, 2.75) is 38.8 Å². The van der Waals surface area contributed by atoms with Crippen LogP contribution in [0.4, 0.5) is 4.39 Å². The molecule has 2 aromatic rings. The van der Waals surface area contributed by atoms with Gasteiger partial charge in [-0.05, 0) is 45.4 Å². The average molecular weight is 332 g/mol. The summed E-state index contributed by atoms with van der Waals surface area (Å²) in [6.45, 7) is 4.72. The van der Waals surface area contributed by atoms with E-state index < -0.39 is 6.04 Å². The second-order valence-corrected chi connectivity index (χ2v) is 6.27. The fourth-order valence-corrected chi connectivity index (χ4v) is 2.92. The van der Waals surface area contributed by atoms with Crippen molar-refractivity contribution >= 4 is 5.91 Å². The number of carbonyl (C=O) groups excluding carboxylic acids is 1. The highest BCUT2D eigenvalue weighted by molar-refractivity contribution is 5.79. The fourth-order valence-electron chi connectivity index (χ4n) is 2.92. The van der Waals surface area contributed by atoms with Crippen molar-refractivity contribution in [3.05, 3.63) is 36.0 Å². The van der Waals surface area contributed by atoms with Gasteiger partial charge in [0.25, 0.3) is 0 Å². The maximum Gasteiger partial charge on any atom is 0.249 e. The molecule has 2 heterocycles. The molecule has 1 aliphatic rings. The van der Waals surface area contributed by atoms with Crippen LogP contribution in [0.2, 0.25) is 0 Å². The minimum atomic E-state index is -0.391. The van der Waals surface area contributed by atoms with Gasteiger partial charge < -0.3 is 15.2 Å². The van der Waals surface area contributed by atoms with Crippen LogP contribution in [0.25, 0.3) is 11.4 Å². The maximum atomic E-state index is 13.3. The molecule has 24 heavy (non-hydrogen) atoms. The van der Waals surface area contributed by atoms with Gasteiger partial charge in [0.1, 0.15) is 11.9 Å². The molecule has 0 aliphatic carbocycles. The van der Waals surface area contributed by atoms with Gasteiger partial charge in [-0.3, -0.25) is 4.79 Å². The van der Waals surface area contributed by atoms with Crippen LogP contribution in [0, 0.1) is 11.7 Å². The lowest BCUT2D eigenvalue weighted by molar-refractivity contribution is -0.126. The van der Waals surface area contributed by atoms with E-state index >= 15 is 0 Å². The first-order valence-corrected chi connectivity index (χ1v) is 8.16. The summed E-state index contributed by atoms with van der Waals surface area (Å²) in [7, 11) is 0. The first-order valence-electron chi connectivity index (χ1n) is 8.16. The largest absolute Gasteiger partial charge is 0.344 e. The molecular weight excluding hydrogens is 311 g/mol. The van der Waals surface area contributed by atoms with Gasteiger partial charge in [0.2, 0.25) is 17.6 Å². The molecule has 128 valence electrons. The molecule has 1 aromatic carbocycles. The number of rotatable bonds is 4. The third-order valence-electron chi connectivity index (χ3n) is 4.25. The molecule has 0 saturated carbocycles. The lowest BCUT2D eigenvalue weighted by Crippen LogP contribution is -2.43. The minimum Gasteiger partial charge on any atom is -0.344 e. The molecule has 1 fully saturated rings. The average Bonchev–Trinajstić information content (AvgIpc) is 3.05. The van der Waals surface area contributed by atoms with Crippen molar-refractivity contribution < 1.29 is 13.7 Å². The Labute approximate surface area is 139 Å². The SMILES string of the molecule is CC(NC(=O)[C@H]1CCN[C@@H](C)C1)c1nc(-c2cccc(F)c2)no1. The predicted molar refractivity (Wildman–Crippen MR) is 86.4 cm³/mol. The highest BCUT2D eigenvalue weighted by atomic mass is 19.1. The Morgan fingerprint density at radius 2 is 2.33 bits per heavy atom. The van der Waals surface area contributed by atoms with Crippen LogP contribution in [-0.2, 0) is 4.79 Å². The van der Waals surface area contributed by atoms with Crippen molar-refractivity contribution in [3.8, 4) is 11.4 Å². The second kappa shape index (κ2) is 7.09. The van der Waals surface area contributed by atoms with E-state index in [1.165, 1.54) is 12.1 Å². The van der Waals surface area contributed by atoms with Crippen molar-refractivity contribution in [1.82, 2.24) is 20.8 Å². The quantitative estimate of drug-likeness (QED) is 0.899. The molecule has 0 spiro atoms. The summed E-state index contributed by atoms with van der Waals surface area (Å²) < 4.78 is 18.5. The molecule has 1 unspecified atom stereocenters. The molecule has 1 saturated heterocycles. The summed E-state index contributed by atoms with van der Waals surface area (Å²) in [5.41, 5.74) is 0.538. The van der Waals surface area contributed by atoms with Gasteiger partial charge in [-0.15, -0.1) is 0 Å². The van der Waals surface area contributed by atoms with E-state index in [4.69, 9.17) is 4.52 Å². The van der Waals surface area contributed by atoms with Gasteiger partial charge in [-0.1, -0.05) is 17.3 Å². The Morgan fingerprint density at radius 3 is 3.08 bits per heavy atom. The van der Waals surface area contributed by atoms with E-state index in [-0.39, 0.29) is 17.6 Å². The monoisotopic (exact) mass is 332 g/mol. The summed E-state index contributed by atoms with van der Waals surface area (Å²) in [5.74, 6) is 0.251. The zero-order chi connectivity index (χ0) is 17.1. The molecule has 0 radical (unpaired) electrons. The van der Waals surface area contributed by atoms with Gasteiger partial charge in [-0.2, -0.15) is 4.98 Å². The van der Waals surface area contributed by atoms with Crippen LogP contribution >= 0.6 is 0 Å². The summed E-state index contributed by atoms with van der Waals surface area (Å²) in [6.07, 6.45) is 1.64. The van der Waals surface area contributed by atoms with Crippen molar-refractivity contribution in [2.75, 3.05) is 6.54 Å². The number of hydrogen-bond donors (Lipinski definition) is 2. The third kappa shape index (κ3) is 3.79. The molecule has 1 amide bonds.